The minimum absolute atomic E-state index is 0.142. The Morgan fingerprint density at radius 1 is 1.29 bits per heavy atom. The lowest BCUT2D eigenvalue weighted by Gasteiger charge is -2.11. The van der Waals surface area contributed by atoms with E-state index in [2.05, 4.69) is 20.1 Å². The lowest BCUT2D eigenvalue weighted by Crippen LogP contribution is -2.14. The molecule has 112 valence electrons. The van der Waals surface area contributed by atoms with Gasteiger partial charge in [-0.1, -0.05) is 25.9 Å². The zero-order valence-electron chi connectivity index (χ0n) is 12.7. The van der Waals surface area contributed by atoms with Gasteiger partial charge in [-0.25, -0.2) is 9.78 Å². The molecule has 2 aromatic rings. The maximum absolute atomic E-state index is 11.9. The normalized spacial score (nSPS) is 13.0. The Morgan fingerprint density at radius 3 is 2.52 bits per heavy atom. The Hall–Kier alpha value is -2.31. The van der Waals surface area contributed by atoms with Crippen molar-refractivity contribution in [2.75, 3.05) is 0 Å². The molecule has 2 heterocycles. The molecule has 0 aliphatic carbocycles. The molecular formula is C14H18N4O3. The Balaban J connectivity index is 2.07. The number of nitrogens with zero attached hydrogens (tertiary/aromatic N) is 4. The zero-order chi connectivity index (χ0) is 15.6. The first-order chi connectivity index (χ1) is 9.77. The van der Waals surface area contributed by atoms with Crippen LogP contribution in [-0.2, 0) is 10.2 Å². The van der Waals surface area contributed by atoms with Gasteiger partial charge >= 0.3 is 5.97 Å². The first-order valence-electron chi connectivity index (χ1n) is 6.61. The second-order valence-electron chi connectivity index (χ2n) is 5.80. The fraction of sp³-hybridized carbons (Fsp3) is 0.500. The highest BCUT2D eigenvalue weighted by Gasteiger charge is 2.25. The summed E-state index contributed by atoms with van der Waals surface area (Å²) >= 11 is 0. The van der Waals surface area contributed by atoms with E-state index in [9.17, 15) is 4.79 Å². The third-order valence-corrected chi connectivity index (χ3v) is 2.73. The highest BCUT2D eigenvalue weighted by Crippen LogP contribution is 2.22. The molecule has 0 fully saturated rings. The molecule has 0 amide bonds. The van der Waals surface area contributed by atoms with Crippen molar-refractivity contribution in [2.45, 2.75) is 46.1 Å². The summed E-state index contributed by atoms with van der Waals surface area (Å²) in [6.07, 6.45) is 2.23. The van der Waals surface area contributed by atoms with Crippen molar-refractivity contribution in [3.8, 4) is 0 Å². The van der Waals surface area contributed by atoms with Gasteiger partial charge < -0.3 is 9.26 Å². The van der Waals surface area contributed by atoms with Crippen LogP contribution in [0.1, 0.15) is 61.7 Å². The average Bonchev–Trinajstić information content (AvgIpc) is 2.88. The number of esters is 1. The molecule has 0 radical (unpaired) electrons. The van der Waals surface area contributed by atoms with Gasteiger partial charge in [0, 0.05) is 11.6 Å². The van der Waals surface area contributed by atoms with Crippen LogP contribution in [0.25, 0.3) is 0 Å². The summed E-state index contributed by atoms with van der Waals surface area (Å²) in [7, 11) is 0. The molecule has 1 atom stereocenters. The molecule has 0 N–H and O–H groups in total. The summed E-state index contributed by atoms with van der Waals surface area (Å²) in [5.41, 5.74) is 0.641. The standard InChI is InChI=1S/C14H18N4O3/c1-8-6-16-10(7-15-8)12(19)20-9(2)11-17-13(18-21-11)14(3,4)5/h6-7,9H,1-5H3. The van der Waals surface area contributed by atoms with Gasteiger partial charge in [-0.05, 0) is 13.8 Å². The van der Waals surface area contributed by atoms with Crippen molar-refractivity contribution in [1.29, 1.82) is 0 Å². The minimum atomic E-state index is -0.649. The molecule has 2 rings (SSSR count). The third-order valence-electron chi connectivity index (χ3n) is 2.73. The average molecular weight is 290 g/mol. The van der Waals surface area contributed by atoms with Gasteiger partial charge in [0.05, 0.1) is 11.9 Å². The molecule has 0 spiro atoms. The number of hydrogen-bond acceptors (Lipinski definition) is 7. The Kier molecular flexibility index (Phi) is 4.02. The van der Waals surface area contributed by atoms with Crippen molar-refractivity contribution < 1.29 is 14.1 Å². The van der Waals surface area contributed by atoms with Crippen LogP contribution in [0, 0.1) is 6.92 Å². The van der Waals surface area contributed by atoms with E-state index in [1.165, 1.54) is 12.4 Å². The quantitative estimate of drug-likeness (QED) is 0.801. The van der Waals surface area contributed by atoms with Gasteiger partial charge in [-0.2, -0.15) is 4.98 Å². The minimum Gasteiger partial charge on any atom is -0.448 e. The van der Waals surface area contributed by atoms with Gasteiger partial charge in [0.2, 0.25) is 0 Å². The summed E-state index contributed by atoms with van der Waals surface area (Å²) < 4.78 is 10.4. The Morgan fingerprint density at radius 2 is 2.00 bits per heavy atom. The van der Waals surface area contributed by atoms with Gasteiger partial charge in [0.1, 0.15) is 0 Å². The summed E-state index contributed by atoms with van der Waals surface area (Å²) in [5.74, 6) is 0.245. The zero-order valence-corrected chi connectivity index (χ0v) is 12.7. The molecule has 0 saturated carbocycles. The van der Waals surface area contributed by atoms with Gasteiger partial charge in [0.25, 0.3) is 5.89 Å². The van der Waals surface area contributed by atoms with Crippen LogP contribution < -0.4 is 0 Å². The number of aromatic nitrogens is 4. The highest BCUT2D eigenvalue weighted by molar-refractivity contribution is 5.86. The van der Waals surface area contributed by atoms with E-state index in [0.29, 0.717) is 5.82 Å². The van der Waals surface area contributed by atoms with Crippen molar-refractivity contribution in [2.24, 2.45) is 0 Å². The second-order valence-corrected chi connectivity index (χ2v) is 5.80. The molecule has 0 bridgehead atoms. The maximum Gasteiger partial charge on any atom is 0.359 e. The Bertz CT molecular complexity index is 628. The van der Waals surface area contributed by atoms with Crippen LogP contribution in [0.3, 0.4) is 0 Å². The lowest BCUT2D eigenvalue weighted by molar-refractivity contribution is 0.0258. The lowest BCUT2D eigenvalue weighted by atomic mass is 9.96. The van der Waals surface area contributed by atoms with Crippen molar-refractivity contribution in [1.82, 2.24) is 20.1 Å². The van der Waals surface area contributed by atoms with Crippen molar-refractivity contribution in [3.63, 3.8) is 0 Å². The van der Waals surface area contributed by atoms with E-state index in [4.69, 9.17) is 9.26 Å². The highest BCUT2D eigenvalue weighted by atomic mass is 16.6. The van der Waals surface area contributed by atoms with Crippen LogP contribution in [-0.4, -0.2) is 26.1 Å². The van der Waals surface area contributed by atoms with E-state index < -0.39 is 12.1 Å². The molecule has 0 aromatic carbocycles. The molecule has 2 aromatic heterocycles. The molecule has 0 saturated heterocycles. The molecule has 0 aliphatic heterocycles. The summed E-state index contributed by atoms with van der Waals surface area (Å²) in [5, 5.41) is 3.89. The van der Waals surface area contributed by atoms with E-state index in [1.54, 1.807) is 13.8 Å². The van der Waals surface area contributed by atoms with E-state index in [-0.39, 0.29) is 17.0 Å². The molecule has 7 nitrogen and oxygen atoms in total. The van der Waals surface area contributed by atoms with Crippen molar-refractivity contribution >= 4 is 5.97 Å². The Labute approximate surface area is 122 Å². The van der Waals surface area contributed by atoms with Gasteiger partial charge in [-0.15, -0.1) is 0 Å². The topological polar surface area (TPSA) is 91.0 Å². The smallest absolute Gasteiger partial charge is 0.359 e. The van der Waals surface area contributed by atoms with Gasteiger partial charge in [-0.3, -0.25) is 4.98 Å². The number of aryl methyl sites for hydroxylation is 1. The first kappa shape index (κ1) is 15.1. The van der Waals surface area contributed by atoms with Crippen LogP contribution in [0.2, 0.25) is 0 Å². The van der Waals surface area contributed by atoms with E-state index in [1.807, 2.05) is 20.8 Å². The summed E-state index contributed by atoms with van der Waals surface area (Å²) in [6.45, 7) is 9.37. The largest absolute Gasteiger partial charge is 0.448 e. The number of carbonyl (C=O) groups is 1. The molecule has 7 heteroatoms. The van der Waals surface area contributed by atoms with Crippen LogP contribution in [0.15, 0.2) is 16.9 Å². The van der Waals surface area contributed by atoms with E-state index in [0.717, 1.165) is 5.69 Å². The summed E-state index contributed by atoms with van der Waals surface area (Å²) in [6, 6.07) is 0. The van der Waals surface area contributed by atoms with Gasteiger partial charge in [0.15, 0.2) is 17.6 Å². The molecular weight excluding hydrogens is 272 g/mol. The predicted octanol–water partition coefficient (Wildman–Crippen LogP) is 2.38. The van der Waals surface area contributed by atoms with E-state index >= 15 is 0 Å². The molecule has 0 aliphatic rings. The predicted molar refractivity (Wildman–Crippen MR) is 73.6 cm³/mol. The van der Waals surface area contributed by atoms with Crippen LogP contribution in [0.5, 0.6) is 0 Å². The fourth-order valence-corrected chi connectivity index (χ4v) is 1.47. The summed E-state index contributed by atoms with van der Waals surface area (Å²) in [4.78, 5) is 24.1. The van der Waals surface area contributed by atoms with Crippen LogP contribution >= 0.6 is 0 Å². The fourth-order valence-electron chi connectivity index (χ4n) is 1.47. The number of ether oxygens (including phenoxy) is 1. The number of rotatable bonds is 3. The molecule has 21 heavy (non-hydrogen) atoms. The first-order valence-corrected chi connectivity index (χ1v) is 6.61. The van der Waals surface area contributed by atoms with Crippen molar-refractivity contribution in [3.05, 3.63) is 35.5 Å². The molecule has 1 unspecified atom stereocenters. The van der Waals surface area contributed by atoms with Crippen LogP contribution in [0.4, 0.5) is 0 Å². The maximum atomic E-state index is 11.9. The second kappa shape index (κ2) is 5.59. The number of hydrogen-bond donors (Lipinski definition) is 0. The SMILES string of the molecule is Cc1cnc(C(=O)OC(C)c2nc(C(C)(C)C)no2)cn1. The number of carbonyl (C=O) groups excluding carboxylic acids is 1. The third kappa shape index (κ3) is 3.62. The monoisotopic (exact) mass is 290 g/mol.